The summed E-state index contributed by atoms with van der Waals surface area (Å²) in [6, 6.07) is 13.5. The van der Waals surface area contributed by atoms with Gasteiger partial charge in [-0.25, -0.2) is 4.39 Å². The van der Waals surface area contributed by atoms with Gasteiger partial charge in [0.05, 0.1) is 6.42 Å². The van der Waals surface area contributed by atoms with Crippen LogP contribution < -0.4 is 10.2 Å². The highest BCUT2D eigenvalue weighted by Crippen LogP contribution is 2.14. The summed E-state index contributed by atoms with van der Waals surface area (Å²) in [6.07, 6.45) is 0.207. The smallest absolute Gasteiger partial charge is 0.224 e. The second-order valence-electron chi connectivity index (χ2n) is 5.29. The molecule has 5 heteroatoms. The zero-order valence-corrected chi connectivity index (χ0v) is 13.2. The third-order valence-corrected chi connectivity index (χ3v) is 3.59. The van der Waals surface area contributed by atoms with Gasteiger partial charge in [-0.05, 0) is 23.8 Å². The molecular formula is C18H19FN2O2. The molecule has 0 radical (unpaired) electrons. The molecule has 0 saturated heterocycles. The van der Waals surface area contributed by atoms with Gasteiger partial charge in [0.2, 0.25) is 11.8 Å². The van der Waals surface area contributed by atoms with Crippen molar-refractivity contribution in [3.63, 3.8) is 0 Å². The van der Waals surface area contributed by atoms with E-state index in [4.69, 9.17) is 0 Å². The van der Waals surface area contributed by atoms with Crippen molar-refractivity contribution < 1.29 is 14.0 Å². The number of carbonyl (C=O) groups is 2. The lowest BCUT2D eigenvalue weighted by Gasteiger charge is -2.15. The summed E-state index contributed by atoms with van der Waals surface area (Å²) in [5.41, 5.74) is 2.06. The van der Waals surface area contributed by atoms with Crippen molar-refractivity contribution in [3.05, 3.63) is 65.5 Å². The van der Waals surface area contributed by atoms with Gasteiger partial charge in [0.25, 0.3) is 0 Å². The van der Waals surface area contributed by atoms with Crippen LogP contribution in [0.3, 0.4) is 0 Å². The maximum absolute atomic E-state index is 13.5. The van der Waals surface area contributed by atoms with Crippen molar-refractivity contribution in [2.45, 2.75) is 19.9 Å². The van der Waals surface area contributed by atoms with Gasteiger partial charge in [0.1, 0.15) is 5.82 Å². The first-order valence-corrected chi connectivity index (χ1v) is 7.30. The Morgan fingerprint density at radius 1 is 1.09 bits per heavy atom. The Balaban J connectivity index is 1.90. The molecule has 120 valence electrons. The fourth-order valence-electron chi connectivity index (χ4n) is 2.10. The molecule has 0 aliphatic carbocycles. The molecule has 0 saturated carbocycles. The fourth-order valence-corrected chi connectivity index (χ4v) is 2.10. The normalized spacial score (nSPS) is 10.2. The van der Waals surface area contributed by atoms with Gasteiger partial charge < -0.3 is 10.2 Å². The highest BCUT2D eigenvalue weighted by Gasteiger charge is 2.08. The monoisotopic (exact) mass is 314 g/mol. The van der Waals surface area contributed by atoms with Crippen molar-refractivity contribution >= 4 is 17.5 Å². The predicted octanol–water partition coefficient (Wildman–Crippen LogP) is 2.67. The second kappa shape index (κ2) is 7.54. The standard InChI is InChI=1S/C18H19FN2O2/c1-13(22)21(2)16-9-7-14(8-10-16)11-18(23)20-12-15-5-3-4-6-17(15)19/h3-10H,11-12H2,1-2H3,(H,20,23). The van der Waals surface area contributed by atoms with Crippen LogP contribution in [0.15, 0.2) is 48.5 Å². The van der Waals surface area contributed by atoms with Crippen LogP contribution in [0.25, 0.3) is 0 Å². The summed E-state index contributed by atoms with van der Waals surface area (Å²) in [4.78, 5) is 24.7. The molecule has 2 amide bonds. The van der Waals surface area contributed by atoms with Crippen molar-refractivity contribution in [2.75, 3.05) is 11.9 Å². The van der Waals surface area contributed by atoms with Crippen LogP contribution in [-0.4, -0.2) is 18.9 Å². The van der Waals surface area contributed by atoms with E-state index in [1.54, 1.807) is 49.5 Å². The quantitative estimate of drug-likeness (QED) is 0.922. The first kappa shape index (κ1) is 16.7. The Bertz CT molecular complexity index is 698. The van der Waals surface area contributed by atoms with E-state index in [1.165, 1.54) is 17.9 Å². The molecule has 23 heavy (non-hydrogen) atoms. The summed E-state index contributed by atoms with van der Waals surface area (Å²) < 4.78 is 13.5. The first-order valence-electron chi connectivity index (χ1n) is 7.30. The number of anilines is 1. The van der Waals surface area contributed by atoms with E-state index in [-0.39, 0.29) is 30.6 Å². The Morgan fingerprint density at radius 2 is 1.74 bits per heavy atom. The third-order valence-electron chi connectivity index (χ3n) is 3.59. The van der Waals surface area contributed by atoms with Crippen molar-refractivity contribution in [2.24, 2.45) is 0 Å². The van der Waals surface area contributed by atoms with E-state index in [1.807, 2.05) is 0 Å². The van der Waals surface area contributed by atoms with Crippen LogP contribution in [0.1, 0.15) is 18.1 Å². The first-order chi connectivity index (χ1) is 11.0. The van der Waals surface area contributed by atoms with Gasteiger partial charge in [-0.2, -0.15) is 0 Å². The maximum Gasteiger partial charge on any atom is 0.224 e. The van der Waals surface area contributed by atoms with E-state index in [9.17, 15) is 14.0 Å². The molecular weight excluding hydrogens is 295 g/mol. The number of halogens is 1. The third kappa shape index (κ3) is 4.64. The Labute approximate surface area is 134 Å². The van der Waals surface area contributed by atoms with Crippen molar-refractivity contribution in [1.29, 1.82) is 0 Å². The number of nitrogens with one attached hydrogen (secondary N) is 1. The molecule has 2 rings (SSSR count). The summed E-state index contributed by atoms with van der Waals surface area (Å²) >= 11 is 0. The molecule has 0 atom stereocenters. The highest BCUT2D eigenvalue weighted by atomic mass is 19.1. The lowest BCUT2D eigenvalue weighted by Crippen LogP contribution is -2.25. The number of hydrogen-bond acceptors (Lipinski definition) is 2. The number of nitrogens with zero attached hydrogens (tertiary/aromatic N) is 1. The van der Waals surface area contributed by atoms with Crippen molar-refractivity contribution in [1.82, 2.24) is 5.32 Å². The number of hydrogen-bond donors (Lipinski definition) is 1. The summed E-state index contributed by atoms with van der Waals surface area (Å²) in [5.74, 6) is -0.564. The molecule has 0 aromatic heterocycles. The molecule has 0 fully saturated rings. The van der Waals surface area contributed by atoms with E-state index in [2.05, 4.69) is 5.32 Å². The van der Waals surface area contributed by atoms with Crippen LogP contribution in [0.4, 0.5) is 10.1 Å². The molecule has 2 aromatic carbocycles. The molecule has 0 bridgehead atoms. The van der Waals surface area contributed by atoms with Gasteiger partial charge in [0, 0.05) is 31.8 Å². The Morgan fingerprint density at radius 3 is 2.35 bits per heavy atom. The summed E-state index contributed by atoms with van der Waals surface area (Å²) in [5, 5.41) is 2.70. The Kier molecular flexibility index (Phi) is 5.46. The van der Waals surface area contributed by atoms with E-state index < -0.39 is 0 Å². The van der Waals surface area contributed by atoms with E-state index in [0.717, 1.165) is 11.3 Å². The lowest BCUT2D eigenvalue weighted by atomic mass is 10.1. The molecule has 4 nitrogen and oxygen atoms in total. The van der Waals surface area contributed by atoms with Gasteiger partial charge >= 0.3 is 0 Å². The van der Waals surface area contributed by atoms with Gasteiger partial charge in [-0.1, -0.05) is 30.3 Å². The maximum atomic E-state index is 13.5. The van der Waals surface area contributed by atoms with Crippen LogP contribution in [-0.2, 0) is 22.6 Å². The topological polar surface area (TPSA) is 49.4 Å². The molecule has 0 aliphatic heterocycles. The average molecular weight is 314 g/mol. The van der Waals surface area contributed by atoms with Crippen molar-refractivity contribution in [3.8, 4) is 0 Å². The second-order valence-corrected chi connectivity index (χ2v) is 5.29. The largest absolute Gasteiger partial charge is 0.352 e. The summed E-state index contributed by atoms with van der Waals surface area (Å²) in [6.45, 7) is 1.65. The number of amides is 2. The summed E-state index contributed by atoms with van der Waals surface area (Å²) in [7, 11) is 1.69. The fraction of sp³-hybridized carbons (Fsp3) is 0.222. The predicted molar refractivity (Wildman–Crippen MR) is 87.5 cm³/mol. The highest BCUT2D eigenvalue weighted by molar-refractivity contribution is 5.90. The molecule has 0 spiro atoms. The minimum atomic E-state index is -0.329. The van der Waals surface area contributed by atoms with Gasteiger partial charge in [-0.3, -0.25) is 9.59 Å². The zero-order valence-electron chi connectivity index (χ0n) is 13.2. The molecule has 1 N–H and O–H groups in total. The molecule has 0 aliphatic rings. The molecule has 2 aromatic rings. The molecule has 0 heterocycles. The average Bonchev–Trinajstić information content (AvgIpc) is 2.54. The molecule has 0 unspecified atom stereocenters. The SMILES string of the molecule is CC(=O)N(C)c1ccc(CC(=O)NCc2ccccc2F)cc1. The minimum absolute atomic E-state index is 0.0552. The number of carbonyl (C=O) groups excluding carboxylic acids is 2. The minimum Gasteiger partial charge on any atom is -0.352 e. The Hall–Kier alpha value is -2.69. The van der Waals surface area contributed by atoms with Gasteiger partial charge in [0.15, 0.2) is 0 Å². The van der Waals surface area contributed by atoms with Gasteiger partial charge in [-0.15, -0.1) is 0 Å². The number of benzene rings is 2. The van der Waals surface area contributed by atoms with Crippen LogP contribution in [0, 0.1) is 5.82 Å². The number of rotatable bonds is 5. The van der Waals surface area contributed by atoms with Crippen LogP contribution in [0.2, 0.25) is 0 Å². The van der Waals surface area contributed by atoms with E-state index >= 15 is 0 Å². The van der Waals surface area contributed by atoms with Crippen LogP contribution in [0.5, 0.6) is 0 Å². The van der Waals surface area contributed by atoms with Crippen LogP contribution >= 0.6 is 0 Å². The zero-order chi connectivity index (χ0) is 16.8. The van der Waals surface area contributed by atoms with E-state index in [0.29, 0.717) is 5.56 Å². The lowest BCUT2D eigenvalue weighted by molar-refractivity contribution is -0.120.